The second kappa shape index (κ2) is 6.51. The zero-order chi connectivity index (χ0) is 16.5. The normalized spacial score (nSPS) is 21.0. The van der Waals surface area contributed by atoms with Gasteiger partial charge in [0.15, 0.2) is 0 Å². The molecule has 0 radical (unpaired) electrons. The van der Waals surface area contributed by atoms with E-state index in [0.29, 0.717) is 13.1 Å². The molecule has 1 aliphatic carbocycles. The molecule has 0 bridgehead atoms. The zero-order valence-electron chi connectivity index (χ0n) is 12.9. The average molecular weight is 358 g/mol. The molecule has 8 heteroatoms. The van der Waals surface area contributed by atoms with Crippen LogP contribution in [0.15, 0.2) is 34.1 Å². The maximum Gasteiger partial charge on any atom is 0.243 e. The maximum atomic E-state index is 12.4. The SMILES string of the molecule is O=S(=O)(NC1CCCC1)c1ccc(S(=O)(=O)N2CCCC2)cc1. The summed E-state index contributed by atoms with van der Waals surface area (Å²) < 4.78 is 53.7. The van der Waals surface area contributed by atoms with E-state index in [0.717, 1.165) is 38.5 Å². The molecule has 0 spiro atoms. The van der Waals surface area contributed by atoms with Crippen LogP contribution in [0.2, 0.25) is 0 Å². The highest BCUT2D eigenvalue weighted by Crippen LogP contribution is 2.23. The molecular formula is C15H22N2O4S2. The molecule has 0 amide bonds. The van der Waals surface area contributed by atoms with E-state index < -0.39 is 20.0 Å². The summed E-state index contributed by atoms with van der Waals surface area (Å²) >= 11 is 0. The number of nitrogens with zero attached hydrogens (tertiary/aromatic N) is 1. The lowest BCUT2D eigenvalue weighted by Crippen LogP contribution is -2.32. The highest BCUT2D eigenvalue weighted by molar-refractivity contribution is 7.89. The Hall–Kier alpha value is -0.960. The van der Waals surface area contributed by atoms with Crippen molar-refractivity contribution < 1.29 is 16.8 Å². The van der Waals surface area contributed by atoms with Crippen LogP contribution in [0.3, 0.4) is 0 Å². The first-order valence-electron chi connectivity index (χ1n) is 8.02. The van der Waals surface area contributed by atoms with Crippen molar-refractivity contribution in [3.8, 4) is 0 Å². The second-order valence-electron chi connectivity index (χ2n) is 6.19. The Morgan fingerprint density at radius 3 is 1.91 bits per heavy atom. The van der Waals surface area contributed by atoms with Crippen molar-refractivity contribution in [1.29, 1.82) is 0 Å². The Balaban J connectivity index is 1.78. The maximum absolute atomic E-state index is 12.4. The van der Waals surface area contributed by atoms with Gasteiger partial charge in [-0.05, 0) is 49.9 Å². The molecule has 2 fully saturated rings. The van der Waals surface area contributed by atoms with E-state index >= 15 is 0 Å². The first kappa shape index (κ1) is 16.9. The summed E-state index contributed by atoms with van der Waals surface area (Å²) in [5, 5.41) is 0. The van der Waals surface area contributed by atoms with Crippen LogP contribution in [-0.4, -0.2) is 40.3 Å². The molecule has 2 aliphatic rings. The molecule has 1 aromatic rings. The van der Waals surface area contributed by atoms with Crippen molar-refractivity contribution in [2.45, 2.75) is 54.4 Å². The van der Waals surface area contributed by atoms with E-state index in [4.69, 9.17) is 0 Å². The largest absolute Gasteiger partial charge is 0.243 e. The van der Waals surface area contributed by atoms with Crippen LogP contribution < -0.4 is 4.72 Å². The Morgan fingerprint density at radius 2 is 1.35 bits per heavy atom. The van der Waals surface area contributed by atoms with Gasteiger partial charge in [0.1, 0.15) is 0 Å². The van der Waals surface area contributed by atoms with Crippen molar-refractivity contribution >= 4 is 20.0 Å². The lowest BCUT2D eigenvalue weighted by molar-refractivity contribution is 0.477. The molecule has 128 valence electrons. The molecule has 1 heterocycles. The number of hydrogen-bond acceptors (Lipinski definition) is 4. The van der Waals surface area contributed by atoms with Gasteiger partial charge >= 0.3 is 0 Å². The van der Waals surface area contributed by atoms with E-state index in [1.54, 1.807) is 0 Å². The predicted octanol–water partition coefficient (Wildman–Crippen LogP) is 1.69. The molecular weight excluding hydrogens is 336 g/mol. The Bertz CT molecular complexity index is 745. The van der Waals surface area contributed by atoms with Crippen molar-refractivity contribution in [1.82, 2.24) is 9.03 Å². The fourth-order valence-corrected chi connectivity index (χ4v) is 6.02. The molecule has 0 aromatic heterocycles. The first-order valence-corrected chi connectivity index (χ1v) is 10.9. The highest BCUT2D eigenvalue weighted by atomic mass is 32.2. The minimum absolute atomic E-state index is 0.00647. The van der Waals surface area contributed by atoms with Gasteiger partial charge in [0.05, 0.1) is 9.79 Å². The van der Waals surface area contributed by atoms with Gasteiger partial charge in [-0.1, -0.05) is 12.8 Å². The van der Waals surface area contributed by atoms with Crippen LogP contribution in [0.25, 0.3) is 0 Å². The van der Waals surface area contributed by atoms with Crippen LogP contribution in [-0.2, 0) is 20.0 Å². The topological polar surface area (TPSA) is 83.5 Å². The third-order valence-corrected chi connectivity index (χ3v) is 7.96. The van der Waals surface area contributed by atoms with Crippen molar-refractivity contribution in [2.75, 3.05) is 13.1 Å². The van der Waals surface area contributed by atoms with Gasteiger partial charge in [-0.25, -0.2) is 21.6 Å². The standard InChI is InChI=1S/C15H22N2O4S2/c18-22(19,16-13-5-1-2-6-13)14-7-9-15(10-8-14)23(20,21)17-11-3-4-12-17/h7-10,13,16H,1-6,11-12H2. The fraction of sp³-hybridized carbons (Fsp3) is 0.600. The van der Waals surface area contributed by atoms with Crippen LogP contribution in [0.5, 0.6) is 0 Å². The summed E-state index contributed by atoms with van der Waals surface area (Å²) in [6, 6.07) is 5.52. The molecule has 3 rings (SSSR count). The molecule has 0 atom stereocenters. The highest BCUT2D eigenvalue weighted by Gasteiger charge is 2.28. The van der Waals surface area contributed by atoms with Crippen LogP contribution in [0.1, 0.15) is 38.5 Å². The number of nitrogens with one attached hydrogen (secondary N) is 1. The van der Waals surface area contributed by atoms with Crippen molar-refractivity contribution in [3.63, 3.8) is 0 Å². The molecule has 1 saturated heterocycles. The van der Waals surface area contributed by atoms with Gasteiger partial charge < -0.3 is 0 Å². The molecule has 1 saturated carbocycles. The van der Waals surface area contributed by atoms with Gasteiger partial charge in [0.25, 0.3) is 0 Å². The Labute approximate surface area is 138 Å². The lowest BCUT2D eigenvalue weighted by atomic mass is 10.3. The zero-order valence-corrected chi connectivity index (χ0v) is 14.6. The van der Waals surface area contributed by atoms with Crippen LogP contribution in [0, 0.1) is 0 Å². The van der Waals surface area contributed by atoms with Crippen LogP contribution in [0.4, 0.5) is 0 Å². The van der Waals surface area contributed by atoms with E-state index in [1.807, 2.05) is 0 Å². The number of rotatable bonds is 5. The molecule has 1 aliphatic heterocycles. The summed E-state index contributed by atoms with van der Waals surface area (Å²) in [6.07, 6.45) is 5.55. The van der Waals surface area contributed by atoms with Crippen molar-refractivity contribution in [2.24, 2.45) is 0 Å². The summed E-state index contributed by atoms with van der Waals surface area (Å²) in [6.45, 7) is 1.07. The number of benzene rings is 1. The van der Waals surface area contributed by atoms with E-state index in [2.05, 4.69) is 4.72 Å². The summed E-state index contributed by atoms with van der Waals surface area (Å²) in [4.78, 5) is 0.268. The average Bonchev–Trinajstić information content (AvgIpc) is 3.20. The summed E-state index contributed by atoms with van der Waals surface area (Å²) in [5.41, 5.74) is 0. The fourth-order valence-electron chi connectivity index (χ4n) is 3.20. The van der Waals surface area contributed by atoms with Crippen LogP contribution >= 0.6 is 0 Å². The van der Waals surface area contributed by atoms with Gasteiger partial charge in [-0.15, -0.1) is 0 Å². The predicted molar refractivity (Wildman–Crippen MR) is 87.0 cm³/mol. The summed E-state index contributed by atoms with van der Waals surface area (Å²) in [5.74, 6) is 0. The minimum atomic E-state index is -3.58. The first-order chi connectivity index (χ1) is 10.9. The molecule has 6 nitrogen and oxygen atoms in total. The van der Waals surface area contributed by atoms with Crippen molar-refractivity contribution in [3.05, 3.63) is 24.3 Å². The van der Waals surface area contributed by atoms with E-state index in [9.17, 15) is 16.8 Å². The lowest BCUT2D eigenvalue weighted by Gasteiger charge is -2.16. The molecule has 1 N–H and O–H groups in total. The van der Waals surface area contributed by atoms with Gasteiger partial charge in [-0.2, -0.15) is 4.31 Å². The van der Waals surface area contributed by atoms with Gasteiger partial charge in [0.2, 0.25) is 20.0 Å². The Morgan fingerprint density at radius 1 is 0.826 bits per heavy atom. The monoisotopic (exact) mass is 358 g/mol. The van der Waals surface area contributed by atoms with E-state index in [1.165, 1.54) is 28.6 Å². The summed E-state index contributed by atoms with van der Waals surface area (Å²) in [7, 11) is -7.09. The number of hydrogen-bond donors (Lipinski definition) is 1. The molecule has 23 heavy (non-hydrogen) atoms. The quantitative estimate of drug-likeness (QED) is 0.868. The third kappa shape index (κ3) is 3.60. The third-order valence-electron chi connectivity index (χ3n) is 4.51. The smallest absolute Gasteiger partial charge is 0.208 e. The van der Waals surface area contributed by atoms with Gasteiger partial charge in [-0.3, -0.25) is 0 Å². The van der Waals surface area contributed by atoms with Gasteiger partial charge in [0, 0.05) is 19.1 Å². The Kier molecular flexibility index (Phi) is 4.78. The second-order valence-corrected chi connectivity index (χ2v) is 9.84. The molecule has 0 unspecified atom stereocenters. The number of sulfonamides is 2. The molecule has 1 aromatic carbocycles. The minimum Gasteiger partial charge on any atom is -0.208 e. The van der Waals surface area contributed by atoms with E-state index in [-0.39, 0.29) is 15.8 Å².